The Labute approximate surface area is 297 Å². The Morgan fingerprint density at radius 1 is 0.490 bits per heavy atom. The van der Waals surface area contributed by atoms with Crippen LogP contribution >= 0.6 is 0 Å². The lowest BCUT2D eigenvalue weighted by Crippen LogP contribution is -2.14. The maximum Gasteiger partial charge on any atom is 0.344 e. The lowest BCUT2D eigenvalue weighted by Gasteiger charge is -2.25. The first-order valence-electron chi connectivity index (χ1n) is 16.8. The number of carbonyl (C=O) groups excluding carboxylic acids is 2. The van der Waals surface area contributed by atoms with E-state index in [1.807, 2.05) is 84.9 Å². The summed E-state index contributed by atoms with van der Waals surface area (Å²) in [4.78, 5) is 30.8. The van der Waals surface area contributed by atoms with Gasteiger partial charge in [-0.25, -0.2) is 14.6 Å². The highest BCUT2D eigenvalue weighted by Crippen LogP contribution is 2.37. The molecule has 0 unspecified atom stereocenters. The Hall–Kier alpha value is -6.41. The van der Waals surface area contributed by atoms with Crippen molar-refractivity contribution in [3.8, 4) is 45.1 Å². The average Bonchev–Trinajstić information content (AvgIpc) is 3.18. The SMILES string of the molecule is CCOC(=O)COc1ccc(-c2cc(-c3ccc(N(c4ccccc4)c4ccccc4)cc3)cc(-c3ccc(OCC(=O)OCC)cc3)n2)cc1. The van der Waals surface area contributed by atoms with Crippen molar-refractivity contribution in [3.63, 3.8) is 0 Å². The lowest BCUT2D eigenvalue weighted by molar-refractivity contribution is -0.146. The summed E-state index contributed by atoms with van der Waals surface area (Å²) in [6.07, 6.45) is 0. The number of anilines is 3. The third kappa shape index (κ3) is 8.99. The molecule has 0 N–H and O–H groups in total. The van der Waals surface area contributed by atoms with Gasteiger partial charge in [-0.1, -0.05) is 48.5 Å². The van der Waals surface area contributed by atoms with Gasteiger partial charge in [0.05, 0.1) is 24.6 Å². The number of para-hydroxylation sites is 2. The molecule has 0 aliphatic carbocycles. The number of ether oxygens (including phenoxy) is 4. The van der Waals surface area contributed by atoms with Crippen LogP contribution in [-0.2, 0) is 19.1 Å². The summed E-state index contributed by atoms with van der Waals surface area (Å²) in [7, 11) is 0. The number of pyridine rings is 1. The van der Waals surface area contributed by atoms with Gasteiger partial charge >= 0.3 is 11.9 Å². The van der Waals surface area contributed by atoms with Gasteiger partial charge < -0.3 is 23.8 Å². The van der Waals surface area contributed by atoms with E-state index in [0.29, 0.717) is 24.7 Å². The van der Waals surface area contributed by atoms with Crippen LogP contribution in [0.5, 0.6) is 11.5 Å². The van der Waals surface area contributed by atoms with Crippen LogP contribution in [0.4, 0.5) is 17.1 Å². The van der Waals surface area contributed by atoms with Gasteiger partial charge in [0.1, 0.15) is 11.5 Å². The predicted molar refractivity (Wildman–Crippen MR) is 199 cm³/mol. The number of benzene rings is 5. The first kappa shape index (κ1) is 34.5. The third-order valence-corrected chi connectivity index (χ3v) is 7.94. The summed E-state index contributed by atoms with van der Waals surface area (Å²) in [5.74, 6) is 0.274. The van der Waals surface area contributed by atoms with E-state index in [9.17, 15) is 9.59 Å². The summed E-state index contributed by atoms with van der Waals surface area (Å²) < 4.78 is 21.2. The van der Waals surface area contributed by atoms with Crippen LogP contribution in [0.25, 0.3) is 33.6 Å². The molecule has 1 aromatic heterocycles. The van der Waals surface area contributed by atoms with E-state index in [1.54, 1.807) is 13.8 Å². The van der Waals surface area contributed by atoms with Gasteiger partial charge in [0, 0.05) is 28.2 Å². The number of esters is 2. The standard InChI is InChI=1S/C43H38N2O6/c1-3-48-42(46)29-50-38-23-17-32(18-24-38)40-27-34(28-41(44-40)33-19-25-39(26-20-33)51-30-43(47)49-4-2)31-15-21-37(22-16-31)45(35-11-7-5-8-12-35)36-13-9-6-10-14-36/h5-28H,3-4,29-30H2,1-2H3. The van der Waals surface area contributed by atoms with Crippen LogP contribution < -0.4 is 14.4 Å². The molecule has 51 heavy (non-hydrogen) atoms. The molecule has 6 aromatic rings. The van der Waals surface area contributed by atoms with Crippen molar-refractivity contribution in [2.75, 3.05) is 31.3 Å². The first-order chi connectivity index (χ1) is 25.0. The molecule has 0 saturated heterocycles. The third-order valence-electron chi connectivity index (χ3n) is 7.94. The van der Waals surface area contributed by atoms with Gasteiger partial charge in [-0.15, -0.1) is 0 Å². The van der Waals surface area contributed by atoms with Crippen molar-refractivity contribution >= 4 is 29.0 Å². The van der Waals surface area contributed by atoms with Crippen molar-refractivity contribution in [3.05, 3.63) is 146 Å². The number of rotatable bonds is 14. The minimum atomic E-state index is -0.417. The minimum Gasteiger partial charge on any atom is -0.482 e. The fraction of sp³-hybridized carbons (Fsp3) is 0.140. The Kier molecular flexibility index (Phi) is 11.4. The fourth-order valence-corrected chi connectivity index (χ4v) is 5.53. The number of carbonyl (C=O) groups is 2. The van der Waals surface area contributed by atoms with E-state index in [2.05, 4.69) is 65.6 Å². The van der Waals surface area contributed by atoms with Gasteiger partial charge in [0.15, 0.2) is 13.2 Å². The molecule has 0 saturated carbocycles. The van der Waals surface area contributed by atoms with Gasteiger partial charge in [0.2, 0.25) is 0 Å². The second-order valence-electron chi connectivity index (χ2n) is 11.4. The zero-order valence-corrected chi connectivity index (χ0v) is 28.5. The molecule has 0 bridgehead atoms. The fourth-order valence-electron chi connectivity index (χ4n) is 5.53. The summed E-state index contributed by atoms with van der Waals surface area (Å²) in [6, 6.07) is 48.2. The second kappa shape index (κ2) is 16.8. The molecule has 6 rings (SSSR count). The van der Waals surface area contributed by atoms with E-state index in [0.717, 1.165) is 50.7 Å². The van der Waals surface area contributed by atoms with E-state index in [4.69, 9.17) is 23.9 Å². The summed E-state index contributed by atoms with van der Waals surface area (Å²) in [5.41, 5.74) is 8.46. The van der Waals surface area contributed by atoms with Crippen molar-refractivity contribution < 1.29 is 28.5 Å². The molecule has 0 amide bonds. The van der Waals surface area contributed by atoms with Crippen LogP contribution in [0.2, 0.25) is 0 Å². The average molecular weight is 679 g/mol. The van der Waals surface area contributed by atoms with Gasteiger partial charge in [-0.05, 0) is 122 Å². The molecule has 0 fully saturated rings. The Bertz CT molecular complexity index is 1910. The van der Waals surface area contributed by atoms with Crippen LogP contribution in [0.3, 0.4) is 0 Å². The zero-order valence-electron chi connectivity index (χ0n) is 28.5. The van der Waals surface area contributed by atoms with Crippen LogP contribution in [0.15, 0.2) is 146 Å². The summed E-state index contributed by atoms with van der Waals surface area (Å²) in [5, 5.41) is 0. The van der Waals surface area contributed by atoms with Crippen molar-refractivity contribution in [2.45, 2.75) is 13.8 Å². The Morgan fingerprint density at radius 3 is 1.29 bits per heavy atom. The first-order valence-corrected chi connectivity index (χ1v) is 16.8. The van der Waals surface area contributed by atoms with E-state index >= 15 is 0 Å². The topological polar surface area (TPSA) is 87.2 Å². The minimum absolute atomic E-state index is 0.160. The number of hydrogen-bond donors (Lipinski definition) is 0. The number of hydrogen-bond acceptors (Lipinski definition) is 8. The predicted octanol–water partition coefficient (Wildman–Crippen LogP) is 9.44. The second-order valence-corrected chi connectivity index (χ2v) is 11.4. The van der Waals surface area contributed by atoms with Gasteiger partial charge in [-0.3, -0.25) is 0 Å². The molecule has 0 spiro atoms. The van der Waals surface area contributed by atoms with E-state index in [1.165, 1.54) is 0 Å². The van der Waals surface area contributed by atoms with Crippen molar-refractivity contribution in [1.29, 1.82) is 0 Å². The largest absolute Gasteiger partial charge is 0.482 e. The molecular formula is C43H38N2O6. The lowest BCUT2D eigenvalue weighted by atomic mass is 9.99. The molecule has 0 aliphatic rings. The molecule has 8 nitrogen and oxygen atoms in total. The molecule has 5 aromatic carbocycles. The highest BCUT2D eigenvalue weighted by atomic mass is 16.6. The van der Waals surface area contributed by atoms with Crippen LogP contribution in [0.1, 0.15) is 13.8 Å². The maximum atomic E-state index is 11.8. The zero-order chi connectivity index (χ0) is 35.4. The van der Waals surface area contributed by atoms with Crippen LogP contribution in [-0.4, -0.2) is 43.4 Å². The quantitative estimate of drug-likeness (QED) is 0.105. The number of nitrogens with zero attached hydrogens (tertiary/aromatic N) is 2. The molecule has 256 valence electrons. The molecule has 1 heterocycles. The monoisotopic (exact) mass is 678 g/mol. The summed E-state index contributed by atoms with van der Waals surface area (Å²) in [6.45, 7) is 3.80. The van der Waals surface area contributed by atoms with Crippen LogP contribution in [0, 0.1) is 0 Å². The molecular weight excluding hydrogens is 640 g/mol. The smallest absolute Gasteiger partial charge is 0.344 e. The highest BCUT2D eigenvalue weighted by molar-refractivity contribution is 5.81. The Balaban J connectivity index is 1.33. The van der Waals surface area contributed by atoms with Gasteiger partial charge in [0.25, 0.3) is 0 Å². The number of aromatic nitrogens is 1. The molecule has 0 aliphatic heterocycles. The summed E-state index contributed by atoms with van der Waals surface area (Å²) >= 11 is 0. The molecule has 0 atom stereocenters. The van der Waals surface area contributed by atoms with Crippen molar-refractivity contribution in [2.24, 2.45) is 0 Å². The van der Waals surface area contributed by atoms with E-state index < -0.39 is 11.9 Å². The highest BCUT2D eigenvalue weighted by Gasteiger charge is 2.14. The molecule has 8 heteroatoms. The maximum absolute atomic E-state index is 11.8. The van der Waals surface area contributed by atoms with E-state index in [-0.39, 0.29) is 13.2 Å². The van der Waals surface area contributed by atoms with Crippen molar-refractivity contribution in [1.82, 2.24) is 4.98 Å². The Morgan fingerprint density at radius 2 is 0.882 bits per heavy atom. The molecule has 0 radical (unpaired) electrons. The normalized spacial score (nSPS) is 10.6. The van der Waals surface area contributed by atoms with Gasteiger partial charge in [-0.2, -0.15) is 0 Å².